The number of ether oxygens (including phenoxy) is 2. The second kappa shape index (κ2) is 9.11. The number of hydrogen-bond acceptors (Lipinski definition) is 3. The van der Waals surface area contributed by atoms with Crippen LogP contribution >= 0.6 is 0 Å². The Morgan fingerprint density at radius 3 is 2.04 bits per heavy atom. The molecule has 2 rings (SSSR count). The van der Waals surface area contributed by atoms with Crippen molar-refractivity contribution in [1.29, 1.82) is 0 Å². The van der Waals surface area contributed by atoms with E-state index < -0.39 is 0 Å². The molecule has 0 atom stereocenters. The van der Waals surface area contributed by atoms with Crippen molar-refractivity contribution in [3.8, 4) is 11.5 Å². The van der Waals surface area contributed by atoms with Crippen LogP contribution in [0.2, 0.25) is 0 Å². The van der Waals surface area contributed by atoms with Crippen molar-refractivity contribution < 1.29 is 14.3 Å². The van der Waals surface area contributed by atoms with Crippen molar-refractivity contribution in [2.75, 3.05) is 18.5 Å². The fourth-order valence-corrected chi connectivity index (χ4v) is 2.12. The molecule has 0 aromatic heterocycles. The zero-order chi connectivity index (χ0) is 18.2. The highest BCUT2D eigenvalue weighted by molar-refractivity contribution is 6.04. The Morgan fingerprint density at radius 2 is 1.44 bits per heavy atom. The minimum atomic E-state index is -0.170. The first-order valence-electron chi connectivity index (χ1n) is 8.71. The van der Waals surface area contributed by atoms with Crippen LogP contribution in [0.5, 0.6) is 11.5 Å². The summed E-state index contributed by atoms with van der Waals surface area (Å²) in [6, 6.07) is 14.7. The molecule has 2 aromatic rings. The number of amides is 1. The zero-order valence-electron chi connectivity index (χ0n) is 15.4. The molecule has 1 N–H and O–H groups in total. The van der Waals surface area contributed by atoms with Crippen molar-refractivity contribution in [2.45, 2.75) is 27.7 Å². The van der Waals surface area contributed by atoms with Crippen molar-refractivity contribution in [1.82, 2.24) is 0 Å². The van der Waals surface area contributed by atoms with Gasteiger partial charge >= 0.3 is 0 Å². The number of nitrogens with one attached hydrogen (secondary N) is 1. The Hall–Kier alpha value is -2.49. The Kier molecular flexibility index (Phi) is 6.87. The van der Waals surface area contributed by atoms with Crippen molar-refractivity contribution >= 4 is 11.6 Å². The van der Waals surface area contributed by atoms with Crippen molar-refractivity contribution in [3.63, 3.8) is 0 Å². The molecule has 0 bridgehead atoms. The molecule has 0 aliphatic rings. The minimum Gasteiger partial charge on any atom is -0.493 e. The molecule has 0 aliphatic carbocycles. The summed E-state index contributed by atoms with van der Waals surface area (Å²) in [5.74, 6) is 2.17. The summed E-state index contributed by atoms with van der Waals surface area (Å²) in [7, 11) is 0. The lowest BCUT2D eigenvalue weighted by molar-refractivity contribution is 0.102. The average Bonchev–Trinajstić information content (AvgIpc) is 2.59. The summed E-state index contributed by atoms with van der Waals surface area (Å²) in [6.45, 7) is 9.64. The van der Waals surface area contributed by atoms with E-state index in [-0.39, 0.29) is 5.91 Å². The summed E-state index contributed by atoms with van der Waals surface area (Å²) in [5.41, 5.74) is 1.27. The summed E-state index contributed by atoms with van der Waals surface area (Å²) in [5, 5.41) is 2.90. The third-order valence-electron chi connectivity index (χ3n) is 3.35. The van der Waals surface area contributed by atoms with E-state index >= 15 is 0 Å². The van der Waals surface area contributed by atoms with Gasteiger partial charge in [0.05, 0.1) is 13.2 Å². The van der Waals surface area contributed by atoms with E-state index in [1.807, 2.05) is 36.4 Å². The fraction of sp³-hybridized carbons (Fsp3) is 0.381. The number of benzene rings is 2. The highest BCUT2D eigenvalue weighted by Crippen LogP contribution is 2.20. The van der Waals surface area contributed by atoms with E-state index in [0.29, 0.717) is 42.0 Å². The lowest BCUT2D eigenvalue weighted by Gasteiger charge is -2.12. The number of carbonyl (C=O) groups is 1. The van der Waals surface area contributed by atoms with Crippen LogP contribution in [0.4, 0.5) is 5.69 Å². The van der Waals surface area contributed by atoms with Gasteiger partial charge in [0.25, 0.3) is 5.91 Å². The number of anilines is 1. The van der Waals surface area contributed by atoms with Crippen molar-refractivity contribution in [2.24, 2.45) is 11.8 Å². The monoisotopic (exact) mass is 341 g/mol. The molecule has 0 unspecified atom stereocenters. The predicted octanol–water partition coefficient (Wildman–Crippen LogP) is 5.01. The summed E-state index contributed by atoms with van der Waals surface area (Å²) in [6.07, 6.45) is 0. The molecule has 2 aromatic carbocycles. The smallest absolute Gasteiger partial charge is 0.255 e. The van der Waals surface area contributed by atoms with Crippen molar-refractivity contribution in [3.05, 3.63) is 54.1 Å². The third kappa shape index (κ3) is 6.49. The fourth-order valence-electron chi connectivity index (χ4n) is 2.12. The Labute approximate surface area is 150 Å². The average molecular weight is 341 g/mol. The van der Waals surface area contributed by atoms with Gasteiger partial charge in [-0.2, -0.15) is 0 Å². The molecule has 0 heterocycles. The van der Waals surface area contributed by atoms with E-state index in [2.05, 4.69) is 33.0 Å². The topological polar surface area (TPSA) is 47.6 Å². The van der Waals surface area contributed by atoms with Crippen LogP contribution in [0.15, 0.2) is 48.5 Å². The highest BCUT2D eigenvalue weighted by atomic mass is 16.5. The van der Waals surface area contributed by atoms with Crippen LogP contribution in [0.25, 0.3) is 0 Å². The maximum Gasteiger partial charge on any atom is 0.255 e. The lowest BCUT2D eigenvalue weighted by Crippen LogP contribution is -2.12. The zero-order valence-corrected chi connectivity index (χ0v) is 15.4. The molecular formula is C21H27NO3. The first-order chi connectivity index (χ1) is 11.9. The second-order valence-electron chi connectivity index (χ2n) is 6.92. The van der Waals surface area contributed by atoms with E-state index in [9.17, 15) is 4.79 Å². The molecule has 134 valence electrons. The molecule has 0 fully saturated rings. The van der Waals surface area contributed by atoms with Gasteiger partial charge < -0.3 is 14.8 Å². The van der Waals surface area contributed by atoms with Crippen LogP contribution in [0.3, 0.4) is 0 Å². The number of carbonyl (C=O) groups excluding carboxylic acids is 1. The van der Waals surface area contributed by atoms with Gasteiger partial charge in [0, 0.05) is 17.3 Å². The molecule has 0 radical (unpaired) electrons. The number of hydrogen-bond donors (Lipinski definition) is 1. The van der Waals surface area contributed by atoms with E-state index in [0.717, 1.165) is 5.75 Å². The van der Waals surface area contributed by atoms with E-state index in [1.54, 1.807) is 12.1 Å². The van der Waals surface area contributed by atoms with Gasteiger partial charge in [0.15, 0.2) is 0 Å². The molecular weight excluding hydrogens is 314 g/mol. The standard InChI is InChI=1S/C21H27NO3/c1-15(2)13-24-19-9-5-7-17(11-19)21(23)22-18-8-6-10-20(12-18)25-14-16(3)4/h5-12,15-16H,13-14H2,1-4H3,(H,22,23). The summed E-state index contributed by atoms with van der Waals surface area (Å²) >= 11 is 0. The molecule has 0 aliphatic heterocycles. The molecule has 1 amide bonds. The Bertz CT molecular complexity index is 695. The van der Waals surface area contributed by atoms with E-state index in [4.69, 9.17) is 9.47 Å². The first-order valence-corrected chi connectivity index (χ1v) is 8.71. The van der Waals surface area contributed by atoms with Gasteiger partial charge in [-0.05, 0) is 42.2 Å². The third-order valence-corrected chi connectivity index (χ3v) is 3.35. The quantitative estimate of drug-likeness (QED) is 0.734. The van der Waals surface area contributed by atoms with Gasteiger partial charge in [0.1, 0.15) is 11.5 Å². The molecule has 25 heavy (non-hydrogen) atoms. The SMILES string of the molecule is CC(C)COc1cccc(NC(=O)c2cccc(OCC(C)C)c2)c1. The summed E-state index contributed by atoms with van der Waals surface area (Å²) < 4.78 is 11.4. The molecule has 4 nitrogen and oxygen atoms in total. The maximum atomic E-state index is 12.5. The van der Waals surface area contributed by atoms with Gasteiger partial charge in [-0.25, -0.2) is 0 Å². The number of rotatable bonds is 8. The molecule has 0 saturated heterocycles. The Balaban J connectivity index is 2.02. The first kappa shape index (κ1) is 18.8. The molecule has 4 heteroatoms. The van der Waals surface area contributed by atoms with Crippen LogP contribution in [0.1, 0.15) is 38.1 Å². The van der Waals surface area contributed by atoms with E-state index in [1.165, 1.54) is 0 Å². The van der Waals surface area contributed by atoms with Gasteiger partial charge in [-0.1, -0.05) is 39.8 Å². The second-order valence-corrected chi connectivity index (χ2v) is 6.92. The van der Waals surface area contributed by atoms with Crippen LogP contribution in [-0.2, 0) is 0 Å². The van der Waals surface area contributed by atoms with Gasteiger partial charge in [0.2, 0.25) is 0 Å². The van der Waals surface area contributed by atoms with Gasteiger partial charge in [-0.3, -0.25) is 4.79 Å². The highest BCUT2D eigenvalue weighted by Gasteiger charge is 2.08. The van der Waals surface area contributed by atoms with Crippen LogP contribution in [-0.4, -0.2) is 19.1 Å². The largest absolute Gasteiger partial charge is 0.493 e. The maximum absolute atomic E-state index is 12.5. The molecule has 0 saturated carbocycles. The minimum absolute atomic E-state index is 0.170. The predicted molar refractivity (Wildman–Crippen MR) is 102 cm³/mol. The van der Waals surface area contributed by atoms with Gasteiger partial charge in [-0.15, -0.1) is 0 Å². The summed E-state index contributed by atoms with van der Waals surface area (Å²) in [4.78, 5) is 12.5. The van der Waals surface area contributed by atoms with Crippen LogP contribution < -0.4 is 14.8 Å². The molecule has 0 spiro atoms. The Morgan fingerprint density at radius 1 is 0.880 bits per heavy atom. The van der Waals surface area contributed by atoms with Crippen LogP contribution in [0, 0.1) is 11.8 Å². The lowest BCUT2D eigenvalue weighted by atomic mass is 10.2. The normalized spacial score (nSPS) is 10.8.